The van der Waals surface area contributed by atoms with Crippen molar-refractivity contribution in [2.75, 3.05) is 19.6 Å². The first-order chi connectivity index (χ1) is 8.81. The van der Waals surface area contributed by atoms with Crippen LogP contribution in [0.3, 0.4) is 0 Å². The number of halogens is 1. The highest BCUT2D eigenvalue weighted by molar-refractivity contribution is 7.09. The van der Waals surface area contributed by atoms with E-state index < -0.39 is 0 Å². The van der Waals surface area contributed by atoms with Crippen LogP contribution in [0.25, 0.3) is 0 Å². The Kier molecular flexibility index (Phi) is 5.93. The molecule has 102 valence electrons. The molecule has 2 nitrogen and oxygen atoms in total. The van der Waals surface area contributed by atoms with Crippen LogP contribution >= 0.6 is 22.9 Å². The molecule has 0 bridgehead atoms. The summed E-state index contributed by atoms with van der Waals surface area (Å²) >= 11 is 7.52. The molecule has 1 aliphatic rings. The van der Waals surface area contributed by atoms with Gasteiger partial charge in [-0.1, -0.05) is 13.3 Å². The number of hydrogen-bond acceptors (Lipinski definition) is 3. The van der Waals surface area contributed by atoms with E-state index in [4.69, 9.17) is 11.6 Å². The lowest BCUT2D eigenvalue weighted by Gasteiger charge is -2.32. The molecule has 0 spiro atoms. The first kappa shape index (κ1) is 14.3. The van der Waals surface area contributed by atoms with Crippen molar-refractivity contribution in [3.8, 4) is 0 Å². The van der Waals surface area contributed by atoms with Gasteiger partial charge in [-0.2, -0.15) is 0 Å². The number of alkyl halides is 1. The maximum Gasteiger partial charge on any atom is 0.0929 e. The van der Waals surface area contributed by atoms with E-state index in [0.717, 1.165) is 18.0 Å². The van der Waals surface area contributed by atoms with Gasteiger partial charge in [0.1, 0.15) is 0 Å². The number of aryl methyl sites for hydroxylation is 1. The fourth-order valence-electron chi connectivity index (χ4n) is 2.67. The SMILES string of the molecule is CCC1CCCN(CCCc2nc(CCl)cs2)C1. The zero-order chi connectivity index (χ0) is 12.8. The normalized spacial score (nSPS) is 21.3. The second-order valence-electron chi connectivity index (χ2n) is 5.19. The molecular weight excluding hydrogens is 264 g/mol. The van der Waals surface area contributed by atoms with Gasteiger partial charge in [-0.15, -0.1) is 22.9 Å². The number of likely N-dealkylation sites (tertiary alicyclic amines) is 1. The second kappa shape index (κ2) is 7.46. The molecule has 0 aromatic carbocycles. The van der Waals surface area contributed by atoms with Crippen LogP contribution in [-0.2, 0) is 12.3 Å². The van der Waals surface area contributed by atoms with Crippen LogP contribution in [0.15, 0.2) is 5.38 Å². The Hall–Kier alpha value is -0.120. The third-order valence-electron chi connectivity index (χ3n) is 3.78. The van der Waals surface area contributed by atoms with Gasteiger partial charge in [0.2, 0.25) is 0 Å². The van der Waals surface area contributed by atoms with Gasteiger partial charge in [-0.25, -0.2) is 4.98 Å². The van der Waals surface area contributed by atoms with Crippen LogP contribution < -0.4 is 0 Å². The first-order valence-electron chi connectivity index (χ1n) is 7.03. The molecular formula is C14H23ClN2S. The Balaban J connectivity index is 1.68. The summed E-state index contributed by atoms with van der Waals surface area (Å²) in [4.78, 5) is 7.14. The van der Waals surface area contributed by atoms with Crippen LogP contribution in [0.5, 0.6) is 0 Å². The Bertz CT molecular complexity index is 353. The van der Waals surface area contributed by atoms with E-state index in [1.54, 1.807) is 11.3 Å². The molecule has 1 aromatic heterocycles. The Morgan fingerprint density at radius 3 is 3.17 bits per heavy atom. The average Bonchev–Trinajstić information content (AvgIpc) is 2.87. The smallest absolute Gasteiger partial charge is 0.0929 e. The molecule has 0 radical (unpaired) electrons. The fraction of sp³-hybridized carbons (Fsp3) is 0.786. The summed E-state index contributed by atoms with van der Waals surface area (Å²) in [6, 6.07) is 0. The summed E-state index contributed by atoms with van der Waals surface area (Å²) < 4.78 is 0. The minimum Gasteiger partial charge on any atom is -0.303 e. The third-order valence-corrected chi connectivity index (χ3v) is 5.01. The summed E-state index contributed by atoms with van der Waals surface area (Å²) in [5.74, 6) is 1.47. The zero-order valence-corrected chi connectivity index (χ0v) is 12.8. The summed E-state index contributed by atoms with van der Waals surface area (Å²) in [7, 11) is 0. The topological polar surface area (TPSA) is 16.1 Å². The van der Waals surface area contributed by atoms with E-state index >= 15 is 0 Å². The molecule has 2 rings (SSSR count). The molecule has 1 unspecified atom stereocenters. The standard InChI is InChI=1S/C14H23ClN2S/c1-2-12-5-3-7-17(10-12)8-4-6-14-16-13(9-15)11-18-14/h11-12H,2-10H2,1H3. The van der Waals surface area contributed by atoms with Gasteiger partial charge in [0, 0.05) is 18.3 Å². The molecule has 0 N–H and O–H groups in total. The molecule has 1 atom stereocenters. The minimum atomic E-state index is 0.542. The molecule has 0 amide bonds. The minimum absolute atomic E-state index is 0.542. The van der Waals surface area contributed by atoms with Gasteiger partial charge in [-0.05, 0) is 38.3 Å². The predicted octanol–water partition coefficient (Wildman–Crippen LogP) is 3.94. The molecule has 1 saturated heterocycles. The monoisotopic (exact) mass is 286 g/mol. The van der Waals surface area contributed by atoms with E-state index in [1.165, 1.54) is 50.3 Å². The number of rotatable bonds is 6. The van der Waals surface area contributed by atoms with E-state index in [0.29, 0.717) is 5.88 Å². The summed E-state index contributed by atoms with van der Waals surface area (Å²) in [6.07, 6.45) is 6.48. The van der Waals surface area contributed by atoms with Gasteiger partial charge >= 0.3 is 0 Å². The number of aromatic nitrogens is 1. The largest absolute Gasteiger partial charge is 0.303 e. The first-order valence-corrected chi connectivity index (χ1v) is 8.44. The number of hydrogen-bond donors (Lipinski definition) is 0. The van der Waals surface area contributed by atoms with Gasteiger partial charge in [0.05, 0.1) is 16.6 Å². The fourth-order valence-corrected chi connectivity index (χ4v) is 3.74. The molecule has 0 aliphatic carbocycles. The molecule has 18 heavy (non-hydrogen) atoms. The molecule has 1 aliphatic heterocycles. The van der Waals surface area contributed by atoms with E-state index in [-0.39, 0.29) is 0 Å². The maximum atomic E-state index is 5.76. The van der Waals surface area contributed by atoms with Crippen LogP contribution in [0, 0.1) is 5.92 Å². The maximum absolute atomic E-state index is 5.76. The molecule has 2 heterocycles. The molecule has 1 aromatic rings. The van der Waals surface area contributed by atoms with Gasteiger partial charge in [-0.3, -0.25) is 0 Å². The van der Waals surface area contributed by atoms with Crippen molar-refractivity contribution in [3.05, 3.63) is 16.1 Å². The molecule has 1 fully saturated rings. The Morgan fingerprint density at radius 1 is 1.56 bits per heavy atom. The van der Waals surface area contributed by atoms with Crippen molar-refractivity contribution in [1.29, 1.82) is 0 Å². The van der Waals surface area contributed by atoms with Crippen molar-refractivity contribution in [1.82, 2.24) is 9.88 Å². The van der Waals surface area contributed by atoms with E-state index in [9.17, 15) is 0 Å². The third kappa shape index (κ3) is 4.22. The summed E-state index contributed by atoms with van der Waals surface area (Å²) in [6.45, 7) is 6.15. The lowest BCUT2D eigenvalue weighted by atomic mass is 9.95. The van der Waals surface area contributed by atoms with Crippen molar-refractivity contribution < 1.29 is 0 Å². The Labute approximate surface area is 119 Å². The van der Waals surface area contributed by atoms with E-state index in [2.05, 4.69) is 22.2 Å². The quantitative estimate of drug-likeness (QED) is 0.737. The predicted molar refractivity (Wildman–Crippen MR) is 79.4 cm³/mol. The Morgan fingerprint density at radius 2 is 2.44 bits per heavy atom. The van der Waals surface area contributed by atoms with Gasteiger partial charge in [0.25, 0.3) is 0 Å². The number of thiazole rings is 1. The molecule has 0 saturated carbocycles. The van der Waals surface area contributed by atoms with Crippen LogP contribution in [0.1, 0.15) is 43.3 Å². The average molecular weight is 287 g/mol. The van der Waals surface area contributed by atoms with Crippen LogP contribution in [0.2, 0.25) is 0 Å². The highest BCUT2D eigenvalue weighted by atomic mass is 35.5. The van der Waals surface area contributed by atoms with Gasteiger partial charge in [0.15, 0.2) is 0 Å². The van der Waals surface area contributed by atoms with E-state index in [1.807, 2.05) is 0 Å². The summed E-state index contributed by atoms with van der Waals surface area (Å²) in [5, 5.41) is 3.32. The van der Waals surface area contributed by atoms with Crippen molar-refractivity contribution in [2.45, 2.75) is 44.9 Å². The lowest BCUT2D eigenvalue weighted by Crippen LogP contribution is -2.35. The van der Waals surface area contributed by atoms with Crippen LogP contribution in [0.4, 0.5) is 0 Å². The van der Waals surface area contributed by atoms with Crippen molar-refractivity contribution in [3.63, 3.8) is 0 Å². The second-order valence-corrected chi connectivity index (χ2v) is 6.40. The highest BCUT2D eigenvalue weighted by Crippen LogP contribution is 2.20. The summed E-state index contributed by atoms with van der Waals surface area (Å²) in [5.41, 5.74) is 1.03. The van der Waals surface area contributed by atoms with Crippen molar-refractivity contribution in [2.24, 2.45) is 5.92 Å². The van der Waals surface area contributed by atoms with Crippen molar-refractivity contribution >= 4 is 22.9 Å². The zero-order valence-electron chi connectivity index (χ0n) is 11.2. The lowest BCUT2D eigenvalue weighted by molar-refractivity contribution is 0.170. The number of nitrogens with zero attached hydrogens (tertiary/aromatic N) is 2. The van der Waals surface area contributed by atoms with Crippen LogP contribution in [-0.4, -0.2) is 29.5 Å². The molecule has 4 heteroatoms. The highest BCUT2D eigenvalue weighted by Gasteiger charge is 2.17. The van der Waals surface area contributed by atoms with Gasteiger partial charge < -0.3 is 4.90 Å². The number of piperidine rings is 1.